The van der Waals surface area contributed by atoms with Gasteiger partial charge in [-0.05, 0) is 19.9 Å². The van der Waals surface area contributed by atoms with Crippen LogP contribution >= 0.6 is 0 Å². The molecule has 0 saturated carbocycles. The summed E-state index contributed by atoms with van der Waals surface area (Å²) in [5.74, 6) is 0.281. The third kappa shape index (κ3) is 5.79. The Hall–Kier alpha value is -2.42. The fourth-order valence-electron chi connectivity index (χ4n) is 3.13. The van der Waals surface area contributed by atoms with Crippen LogP contribution in [0.5, 0.6) is 0 Å². The lowest BCUT2D eigenvalue weighted by Crippen LogP contribution is -2.49. The van der Waals surface area contributed by atoms with Crippen molar-refractivity contribution in [2.75, 3.05) is 32.7 Å². The number of hydrogen-bond donors (Lipinski definition) is 0. The molecule has 1 aromatic heterocycles. The van der Waals surface area contributed by atoms with Gasteiger partial charge in [-0.2, -0.15) is 18.2 Å². The molecular weight excluding hydrogens is 373 g/mol. The van der Waals surface area contributed by atoms with Gasteiger partial charge in [0.05, 0.1) is 0 Å². The van der Waals surface area contributed by atoms with Crippen molar-refractivity contribution >= 4 is 5.91 Å². The minimum atomic E-state index is -4.45. The summed E-state index contributed by atoms with van der Waals surface area (Å²) in [6, 6.07) is 7.88. The van der Waals surface area contributed by atoms with Crippen LogP contribution in [-0.4, -0.2) is 64.7 Å². The normalized spacial score (nSPS) is 15.8. The predicted molar refractivity (Wildman–Crippen MR) is 96.5 cm³/mol. The number of aromatic nitrogens is 2. The molecule has 0 unspecified atom stereocenters. The number of carbonyl (C=O) groups is 1. The lowest BCUT2D eigenvalue weighted by Gasteiger charge is -2.34. The first-order valence-corrected chi connectivity index (χ1v) is 9.27. The predicted octanol–water partition coefficient (Wildman–Crippen LogP) is 3.07. The molecule has 28 heavy (non-hydrogen) atoms. The summed E-state index contributed by atoms with van der Waals surface area (Å²) in [6.07, 6.45) is -4.40. The molecule has 0 spiro atoms. The molecule has 152 valence electrons. The Bertz CT molecular complexity index is 781. The second-order valence-electron chi connectivity index (χ2n) is 7.00. The zero-order valence-electron chi connectivity index (χ0n) is 15.7. The van der Waals surface area contributed by atoms with E-state index in [0.717, 1.165) is 24.1 Å². The number of halogens is 3. The molecule has 1 fully saturated rings. The van der Waals surface area contributed by atoms with Gasteiger partial charge in [0.15, 0.2) is 0 Å². The summed E-state index contributed by atoms with van der Waals surface area (Å²) in [6.45, 7) is 4.57. The van der Waals surface area contributed by atoms with Crippen molar-refractivity contribution in [3.8, 4) is 11.4 Å². The molecule has 9 heteroatoms. The fraction of sp³-hybridized carbons (Fsp3) is 0.526. The summed E-state index contributed by atoms with van der Waals surface area (Å²) >= 11 is 0. The highest BCUT2D eigenvalue weighted by Crippen LogP contribution is 2.21. The number of piperazine rings is 1. The van der Waals surface area contributed by atoms with Crippen molar-refractivity contribution in [1.29, 1.82) is 0 Å². The largest absolute Gasteiger partial charge is 0.397 e. The quantitative estimate of drug-likeness (QED) is 0.751. The second kappa shape index (κ2) is 8.72. The van der Waals surface area contributed by atoms with Gasteiger partial charge in [-0.1, -0.05) is 35.0 Å². The first-order chi connectivity index (χ1) is 13.3. The van der Waals surface area contributed by atoms with Crippen LogP contribution in [0.3, 0.4) is 0 Å². The third-order valence-electron chi connectivity index (χ3n) is 4.72. The molecule has 0 aliphatic carbocycles. The van der Waals surface area contributed by atoms with E-state index in [2.05, 4.69) is 15.0 Å². The van der Waals surface area contributed by atoms with E-state index in [4.69, 9.17) is 4.52 Å². The average Bonchev–Trinajstić information content (AvgIpc) is 3.10. The van der Waals surface area contributed by atoms with E-state index in [1.807, 2.05) is 31.2 Å². The highest BCUT2D eigenvalue weighted by atomic mass is 19.4. The van der Waals surface area contributed by atoms with Gasteiger partial charge in [-0.25, -0.2) is 0 Å². The number of amides is 1. The van der Waals surface area contributed by atoms with Crippen LogP contribution in [0.2, 0.25) is 0 Å². The Balaban J connectivity index is 1.39. The SMILES string of the molecule is Cc1ccc(-c2noc(CCCN3CCN(C(=O)CC(F)(F)F)CC3)n2)cc1. The van der Waals surface area contributed by atoms with E-state index in [1.165, 1.54) is 4.90 Å². The summed E-state index contributed by atoms with van der Waals surface area (Å²) in [7, 11) is 0. The van der Waals surface area contributed by atoms with Crippen LogP contribution in [0.15, 0.2) is 28.8 Å². The molecule has 2 heterocycles. The Labute approximate surface area is 161 Å². The Morgan fingerprint density at radius 3 is 2.46 bits per heavy atom. The molecule has 2 aromatic rings. The van der Waals surface area contributed by atoms with Crippen molar-refractivity contribution in [2.45, 2.75) is 32.4 Å². The first kappa shape index (κ1) is 20.3. The molecule has 0 radical (unpaired) electrons. The van der Waals surface area contributed by atoms with E-state index in [-0.39, 0.29) is 0 Å². The van der Waals surface area contributed by atoms with E-state index >= 15 is 0 Å². The van der Waals surface area contributed by atoms with Gasteiger partial charge in [0.25, 0.3) is 0 Å². The van der Waals surface area contributed by atoms with Gasteiger partial charge in [0.1, 0.15) is 6.42 Å². The van der Waals surface area contributed by atoms with Crippen molar-refractivity contribution in [2.24, 2.45) is 0 Å². The third-order valence-corrected chi connectivity index (χ3v) is 4.72. The van der Waals surface area contributed by atoms with E-state index < -0.39 is 18.5 Å². The molecule has 1 aromatic carbocycles. The smallest absolute Gasteiger partial charge is 0.340 e. The Morgan fingerprint density at radius 2 is 1.82 bits per heavy atom. The zero-order chi connectivity index (χ0) is 20.1. The van der Waals surface area contributed by atoms with Crippen molar-refractivity contribution < 1.29 is 22.5 Å². The zero-order valence-corrected chi connectivity index (χ0v) is 15.7. The van der Waals surface area contributed by atoms with Gasteiger partial charge in [0.2, 0.25) is 17.6 Å². The number of hydrogen-bond acceptors (Lipinski definition) is 5. The van der Waals surface area contributed by atoms with Gasteiger partial charge in [-0.3, -0.25) is 9.69 Å². The lowest BCUT2D eigenvalue weighted by atomic mass is 10.1. The minimum Gasteiger partial charge on any atom is -0.340 e. The van der Waals surface area contributed by atoms with Crippen LogP contribution < -0.4 is 0 Å². The van der Waals surface area contributed by atoms with E-state index in [9.17, 15) is 18.0 Å². The van der Waals surface area contributed by atoms with Gasteiger partial charge >= 0.3 is 6.18 Å². The van der Waals surface area contributed by atoms with E-state index in [0.29, 0.717) is 44.3 Å². The summed E-state index contributed by atoms with van der Waals surface area (Å²) < 4.78 is 42.2. The van der Waals surface area contributed by atoms with Crippen LogP contribution in [-0.2, 0) is 11.2 Å². The molecule has 3 rings (SSSR count). The van der Waals surface area contributed by atoms with Crippen LogP contribution in [0, 0.1) is 6.92 Å². The highest BCUT2D eigenvalue weighted by molar-refractivity contribution is 5.77. The first-order valence-electron chi connectivity index (χ1n) is 9.27. The number of alkyl halides is 3. The maximum atomic E-state index is 12.3. The van der Waals surface area contributed by atoms with Crippen molar-refractivity contribution in [1.82, 2.24) is 19.9 Å². The monoisotopic (exact) mass is 396 g/mol. The summed E-state index contributed by atoms with van der Waals surface area (Å²) in [4.78, 5) is 19.4. The van der Waals surface area contributed by atoms with Crippen LogP contribution in [0.25, 0.3) is 11.4 Å². The summed E-state index contributed by atoms with van der Waals surface area (Å²) in [5.41, 5.74) is 2.06. The number of carbonyl (C=O) groups excluding carboxylic acids is 1. The maximum absolute atomic E-state index is 12.3. The van der Waals surface area contributed by atoms with Gasteiger partial charge < -0.3 is 9.42 Å². The van der Waals surface area contributed by atoms with Gasteiger partial charge in [0, 0.05) is 38.2 Å². The molecule has 1 aliphatic rings. The van der Waals surface area contributed by atoms with Gasteiger partial charge in [-0.15, -0.1) is 0 Å². The summed E-state index contributed by atoms with van der Waals surface area (Å²) in [5, 5.41) is 4.00. The average molecular weight is 396 g/mol. The Kier molecular flexibility index (Phi) is 6.33. The maximum Gasteiger partial charge on any atom is 0.397 e. The number of aryl methyl sites for hydroxylation is 2. The van der Waals surface area contributed by atoms with Crippen molar-refractivity contribution in [3.63, 3.8) is 0 Å². The molecule has 0 atom stereocenters. The molecule has 0 bridgehead atoms. The Morgan fingerprint density at radius 1 is 1.14 bits per heavy atom. The number of nitrogens with zero attached hydrogens (tertiary/aromatic N) is 4. The molecule has 1 aliphatic heterocycles. The molecule has 1 amide bonds. The lowest BCUT2D eigenvalue weighted by molar-refractivity contribution is -0.162. The van der Waals surface area contributed by atoms with Crippen LogP contribution in [0.4, 0.5) is 13.2 Å². The molecule has 1 saturated heterocycles. The van der Waals surface area contributed by atoms with E-state index in [1.54, 1.807) is 0 Å². The topological polar surface area (TPSA) is 62.5 Å². The standard InChI is InChI=1S/C19H23F3N4O2/c1-14-4-6-15(7-5-14)18-23-16(28-24-18)3-2-8-25-9-11-26(12-10-25)17(27)13-19(20,21)22/h4-7H,2-3,8-13H2,1H3. The second-order valence-corrected chi connectivity index (χ2v) is 7.00. The number of benzene rings is 1. The van der Waals surface area contributed by atoms with Crippen LogP contribution in [0.1, 0.15) is 24.3 Å². The fourth-order valence-corrected chi connectivity index (χ4v) is 3.13. The van der Waals surface area contributed by atoms with Crippen molar-refractivity contribution in [3.05, 3.63) is 35.7 Å². The highest BCUT2D eigenvalue weighted by Gasteiger charge is 2.34. The molecule has 6 nitrogen and oxygen atoms in total. The minimum absolute atomic E-state index is 0.326. The molecule has 0 N–H and O–H groups in total. The number of rotatable bonds is 6. The molecular formula is C19H23F3N4O2.